The smallest absolute Gasteiger partial charge is 0.135 e. The SMILES string of the molecule is CC(C)(C)c1cc(-c2cccc(-c3ccccc3)c2N2[CH-]N3c4[c-]c(Oc5[c-]c6c(cc5)c5ccccc5n6-c5cc(C(C)(C)C)ccn5)ccc4[Si](c4ccccc4)(c4ccccc4)c4cccc2c43)cc(C(C)(C)C)c1.[Pt]. The van der Waals surface area contributed by atoms with Gasteiger partial charge in [-0.25, -0.2) is 4.98 Å². The molecule has 4 heterocycles. The molecule has 0 fully saturated rings. The van der Waals surface area contributed by atoms with Crippen LogP contribution in [-0.2, 0) is 37.3 Å². The van der Waals surface area contributed by atoms with Gasteiger partial charge in [0.1, 0.15) is 13.9 Å². The summed E-state index contributed by atoms with van der Waals surface area (Å²) >= 11 is 0. The Morgan fingerprint density at radius 2 is 1.05 bits per heavy atom. The molecule has 9 aromatic carbocycles. The first-order valence-electron chi connectivity index (χ1n) is 27.3. The molecule has 79 heavy (non-hydrogen) atoms. The summed E-state index contributed by atoms with van der Waals surface area (Å²) in [6.45, 7) is 23.0. The maximum atomic E-state index is 7.05. The minimum atomic E-state index is -3.08. The van der Waals surface area contributed by atoms with E-state index in [0.717, 1.165) is 61.5 Å². The third kappa shape index (κ3) is 8.76. The first-order valence-corrected chi connectivity index (χ1v) is 29.3. The van der Waals surface area contributed by atoms with Gasteiger partial charge < -0.3 is 19.1 Å². The third-order valence-electron chi connectivity index (χ3n) is 16.1. The summed E-state index contributed by atoms with van der Waals surface area (Å²) in [7, 11) is -3.08. The van der Waals surface area contributed by atoms with Crippen molar-refractivity contribution in [2.45, 2.75) is 78.6 Å². The zero-order valence-electron chi connectivity index (χ0n) is 46.3. The van der Waals surface area contributed by atoms with E-state index < -0.39 is 8.07 Å². The second-order valence-electron chi connectivity index (χ2n) is 24.2. The predicted octanol–water partition coefficient (Wildman–Crippen LogP) is 15.9. The van der Waals surface area contributed by atoms with Crippen LogP contribution in [0.2, 0.25) is 0 Å². The van der Waals surface area contributed by atoms with Crippen molar-refractivity contribution in [3.05, 3.63) is 248 Å². The quantitative estimate of drug-likeness (QED) is 0.112. The fourth-order valence-corrected chi connectivity index (χ4v) is 17.1. The zero-order valence-corrected chi connectivity index (χ0v) is 49.6. The van der Waals surface area contributed by atoms with Crippen LogP contribution in [0.4, 0.5) is 22.7 Å². The average molecular weight is 1220 g/mol. The van der Waals surface area contributed by atoms with Crippen molar-refractivity contribution in [2.24, 2.45) is 0 Å². The second kappa shape index (κ2) is 19.5. The van der Waals surface area contributed by atoms with E-state index in [9.17, 15) is 0 Å². The first kappa shape index (κ1) is 52.0. The first-order chi connectivity index (χ1) is 37.6. The molecule has 0 aliphatic carbocycles. The molecular weight excluding hydrogens is 1160 g/mol. The predicted molar refractivity (Wildman–Crippen MR) is 328 cm³/mol. The summed E-state index contributed by atoms with van der Waals surface area (Å²) in [6, 6.07) is 83.6. The van der Waals surface area contributed by atoms with Gasteiger partial charge in [0, 0.05) is 72.5 Å². The van der Waals surface area contributed by atoms with Crippen LogP contribution in [0.3, 0.4) is 0 Å². The van der Waals surface area contributed by atoms with Crippen molar-refractivity contribution >= 4 is 73.4 Å². The van der Waals surface area contributed by atoms with Crippen LogP contribution in [0, 0.1) is 18.8 Å². The fraction of sp³-hybridized carbons (Fsp3) is 0.167. The van der Waals surface area contributed by atoms with Crippen LogP contribution >= 0.6 is 0 Å². The summed E-state index contributed by atoms with van der Waals surface area (Å²) in [5.74, 6) is 2.06. The topological polar surface area (TPSA) is 33.5 Å². The monoisotopic (exact) mass is 1220 g/mol. The van der Waals surface area contributed by atoms with Crippen LogP contribution in [0.25, 0.3) is 49.9 Å². The number of para-hydroxylation sites is 3. The Hall–Kier alpha value is -7.76. The maximum Gasteiger partial charge on any atom is 0.135 e. The van der Waals surface area contributed by atoms with Gasteiger partial charge in [-0.1, -0.05) is 242 Å². The molecule has 0 radical (unpaired) electrons. The van der Waals surface area contributed by atoms with E-state index in [2.05, 4.69) is 296 Å². The number of aromatic nitrogens is 2. The van der Waals surface area contributed by atoms with E-state index >= 15 is 0 Å². The number of hydrogen-bond donors (Lipinski definition) is 0. The Balaban J connectivity index is 0.00000623. The molecule has 394 valence electrons. The molecule has 0 amide bonds. The van der Waals surface area contributed by atoms with Gasteiger partial charge in [0.25, 0.3) is 0 Å². The largest absolute Gasteiger partial charge is 0.509 e. The molecule has 2 aliphatic rings. The van der Waals surface area contributed by atoms with Crippen molar-refractivity contribution in [2.75, 3.05) is 9.80 Å². The van der Waals surface area contributed by atoms with E-state index in [1.165, 1.54) is 48.6 Å². The molecular formula is C72H63N4OPtSi-3. The van der Waals surface area contributed by atoms with Gasteiger partial charge in [-0.3, -0.25) is 0 Å². The molecule has 0 unspecified atom stereocenters. The van der Waals surface area contributed by atoms with Gasteiger partial charge in [0.15, 0.2) is 0 Å². The van der Waals surface area contributed by atoms with E-state index in [0.29, 0.717) is 11.5 Å². The van der Waals surface area contributed by atoms with Crippen molar-refractivity contribution in [3.8, 4) is 39.6 Å². The van der Waals surface area contributed by atoms with Crippen LogP contribution in [-0.4, -0.2) is 17.6 Å². The third-order valence-corrected chi connectivity index (χ3v) is 20.9. The Bertz CT molecular complexity index is 4040. The molecule has 5 nitrogen and oxygen atoms in total. The van der Waals surface area contributed by atoms with Gasteiger partial charge in [0.2, 0.25) is 0 Å². The van der Waals surface area contributed by atoms with Crippen molar-refractivity contribution in [3.63, 3.8) is 0 Å². The molecule has 0 spiro atoms. The number of rotatable bonds is 8. The normalized spacial score (nSPS) is 13.8. The van der Waals surface area contributed by atoms with Crippen LogP contribution in [0.15, 0.2) is 212 Å². The standard InChI is InChI=1S/C72H63N4OSi.Pt/c1-70(2,3)50-39-40-73-67(44-50)76-61-32-20-19-29-59(61)60-37-35-53(45-63(60)76)77-54-36-38-65-64(46-54)75-47-74(62-33-22-34-66(69(62)75)78(65,55-25-15-11-16-26-55)56-27-17-12-18-28-56)68-57(48-23-13-10-14-24-48)30-21-31-58(68)49-41-51(71(4,5)6)43-52(42-49)72(7,8)9;/h10-44,47H,1-9H3;/q-3;. The number of fused-ring (bicyclic) bond motifs is 5. The Kier molecular flexibility index (Phi) is 12.9. The number of pyridine rings is 1. The van der Waals surface area contributed by atoms with E-state index in [1.54, 1.807) is 0 Å². The van der Waals surface area contributed by atoms with Gasteiger partial charge in [0.05, 0.1) is 0 Å². The summed E-state index contributed by atoms with van der Waals surface area (Å²) in [5.41, 5.74) is 14.7. The summed E-state index contributed by atoms with van der Waals surface area (Å²) in [4.78, 5) is 9.82. The summed E-state index contributed by atoms with van der Waals surface area (Å²) in [5, 5.41) is 7.40. The summed E-state index contributed by atoms with van der Waals surface area (Å²) in [6.07, 6.45) is 1.92. The van der Waals surface area contributed by atoms with Gasteiger partial charge >= 0.3 is 0 Å². The number of anilines is 4. The second-order valence-corrected chi connectivity index (χ2v) is 27.9. The molecule has 2 aliphatic heterocycles. The molecule has 0 saturated heterocycles. The Morgan fingerprint density at radius 3 is 1.71 bits per heavy atom. The number of hydrogen-bond acceptors (Lipinski definition) is 4. The molecule has 7 heteroatoms. The van der Waals surface area contributed by atoms with Gasteiger partial charge in [-0.15, -0.1) is 41.5 Å². The number of ether oxygens (including phenoxy) is 1. The average Bonchev–Trinajstić information content (AvgIpc) is 4.25. The molecule has 0 saturated carbocycles. The van der Waals surface area contributed by atoms with Crippen molar-refractivity contribution in [1.29, 1.82) is 0 Å². The Labute approximate surface area is 481 Å². The number of benzene rings is 9. The van der Waals surface area contributed by atoms with E-state index in [-0.39, 0.29) is 37.3 Å². The molecule has 11 aromatic rings. The fourth-order valence-electron chi connectivity index (χ4n) is 12.0. The van der Waals surface area contributed by atoms with Crippen LogP contribution < -0.4 is 35.3 Å². The van der Waals surface area contributed by atoms with E-state index in [1.807, 2.05) is 12.3 Å². The van der Waals surface area contributed by atoms with Crippen LogP contribution in [0.5, 0.6) is 11.5 Å². The molecule has 0 atom stereocenters. The molecule has 0 bridgehead atoms. The van der Waals surface area contributed by atoms with Gasteiger partial charge in [-0.2, -0.15) is 12.1 Å². The number of nitrogens with zero attached hydrogens (tertiary/aromatic N) is 4. The van der Waals surface area contributed by atoms with Crippen molar-refractivity contribution < 1.29 is 25.8 Å². The maximum absolute atomic E-state index is 7.05. The molecule has 13 rings (SSSR count). The minimum absolute atomic E-state index is 0. The van der Waals surface area contributed by atoms with Crippen LogP contribution in [0.1, 0.15) is 79.0 Å². The zero-order chi connectivity index (χ0) is 53.7. The van der Waals surface area contributed by atoms with Crippen molar-refractivity contribution in [1.82, 2.24) is 9.55 Å². The Morgan fingerprint density at radius 1 is 0.468 bits per heavy atom. The van der Waals surface area contributed by atoms with E-state index in [4.69, 9.17) is 9.72 Å². The van der Waals surface area contributed by atoms with Gasteiger partial charge in [-0.05, 0) is 78.9 Å². The molecule has 2 aromatic heterocycles. The minimum Gasteiger partial charge on any atom is -0.509 e. The summed E-state index contributed by atoms with van der Waals surface area (Å²) < 4.78 is 9.28. The molecule has 0 N–H and O–H groups in total.